The molecule has 0 bridgehead atoms. The Morgan fingerprint density at radius 2 is 1.88 bits per heavy atom. The zero-order chi connectivity index (χ0) is 18.4. The number of piperidine rings is 2. The number of carbonyl (C=O) groups is 1. The second-order valence-corrected chi connectivity index (χ2v) is 8.34. The van der Waals surface area contributed by atoms with Crippen LogP contribution in [0.25, 0.3) is 0 Å². The number of unbranched alkanes of at least 4 members (excludes halogenated alkanes) is 1. The molecule has 2 N–H and O–H groups in total. The number of likely N-dealkylation sites (tertiary alicyclic amines) is 2. The van der Waals surface area contributed by atoms with Crippen molar-refractivity contribution in [2.24, 2.45) is 11.1 Å². The summed E-state index contributed by atoms with van der Waals surface area (Å²) in [7, 11) is 0. The van der Waals surface area contributed by atoms with Crippen molar-refractivity contribution in [3.05, 3.63) is 35.4 Å². The van der Waals surface area contributed by atoms with Crippen molar-refractivity contribution in [2.75, 3.05) is 32.7 Å². The number of hydrogen-bond donors (Lipinski definition) is 1. The van der Waals surface area contributed by atoms with Gasteiger partial charge in [-0.3, -0.25) is 9.69 Å². The highest BCUT2D eigenvalue weighted by molar-refractivity contribution is 5.77. The van der Waals surface area contributed by atoms with Crippen LogP contribution in [0.5, 0.6) is 0 Å². The smallest absolute Gasteiger partial charge is 0.222 e. The number of nitrogens with zero attached hydrogens (tertiary/aromatic N) is 2. The molecular formula is C22H35N3O. The van der Waals surface area contributed by atoms with Gasteiger partial charge in [-0.2, -0.15) is 0 Å². The number of amides is 1. The van der Waals surface area contributed by atoms with Gasteiger partial charge < -0.3 is 10.6 Å². The molecule has 1 aromatic rings. The highest BCUT2D eigenvalue weighted by Gasteiger charge is 2.41. The summed E-state index contributed by atoms with van der Waals surface area (Å²) in [4.78, 5) is 17.0. The first-order chi connectivity index (χ1) is 12.6. The monoisotopic (exact) mass is 357 g/mol. The van der Waals surface area contributed by atoms with E-state index in [1.807, 2.05) is 0 Å². The van der Waals surface area contributed by atoms with Crippen LogP contribution in [0.3, 0.4) is 0 Å². The van der Waals surface area contributed by atoms with E-state index in [2.05, 4.69) is 41.0 Å². The van der Waals surface area contributed by atoms with Crippen LogP contribution in [0.15, 0.2) is 24.3 Å². The molecule has 4 nitrogen and oxygen atoms in total. The highest BCUT2D eigenvalue weighted by Crippen LogP contribution is 2.39. The third-order valence-corrected chi connectivity index (χ3v) is 6.13. The standard InChI is InChI=1S/C22H35N3O/c1-2-3-15-25-18-22(12-9-21(25)26)11-4-14-24(17-22)16-20-7-5-19(6-8-20)10-13-23/h5-8H,2-4,9-18,23H2,1H3/t22-/m1/s1. The summed E-state index contributed by atoms with van der Waals surface area (Å²) in [6, 6.07) is 8.94. The SMILES string of the molecule is CCCCN1C[C@]2(CCCN(Cc3ccc(CCN)cc3)C2)CCC1=O. The Morgan fingerprint density at radius 1 is 1.12 bits per heavy atom. The summed E-state index contributed by atoms with van der Waals surface area (Å²) in [5, 5.41) is 0. The topological polar surface area (TPSA) is 49.6 Å². The van der Waals surface area contributed by atoms with E-state index in [1.54, 1.807) is 0 Å². The molecule has 2 aliphatic rings. The predicted octanol–water partition coefficient (Wildman–Crippen LogP) is 3.19. The van der Waals surface area contributed by atoms with Gasteiger partial charge in [0.1, 0.15) is 0 Å². The number of rotatable bonds is 7. The minimum Gasteiger partial charge on any atom is -0.342 e. The van der Waals surface area contributed by atoms with Crippen molar-refractivity contribution < 1.29 is 4.79 Å². The lowest BCUT2D eigenvalue weighted by Gasteiger charge is -2.48. The normalized spacial score (nSPS) is 24.4. The zero-order valence-electron chi connectivity index (χ0n) is 16.4. The molecule has 0 unspecified atom stereocenters. The summed E-state index contributed by atoms with van der Waals surface area (Å²) >= 11 is 0. The van der Waals surface area contributed by atoms with Crippen LogP contribution in [0.4, 0.5) is 0 Å². The first kappa shape index (κ1) is 19.4. The van der Waals surface area contributed by atoms with E-state index < -0.39 is 0 Å². The van der Waals surface area contributed by atoms with Gasteiger partial charge in [0.15, 0.2) is 0 Å². The quantitative estimate of drug-likeness (QED) is 0.815. The lowest BCUT2D eigenvalue weighted by Crippen LogP contribution is -2.53. The van der Waals surface area contributed by atoms with Gasteiger partial charge in [-0.25, -0.2) is 0 Å². The second kappa shape index (κ2) is 9.01. The lowest BCUT2D eigenvalue weighted by molar-refractivity contribution is -0.139. The number of carbonyl (C=O) groups excluding carboxylic acids is 1. The molecule has 2 heterocycles. The van der Waals surface area contributed by atoms with Crippen LogP contribution < -0.4 is 5.73 Å². The summed E-state index contributed by atoms with van der Waals surface area (Å²) in [6.45, 7) is 8.15. The van der Waals surface area contributed by atoms with Gasteiger partial charge >= 0.3 is 0 Å². The molecule has 3 rings (SSSR count). The van der Waals surface area contributed by atoms with Crippen LogP contribution >= 0.6 is 0 Å². The first-order valence-electron chi connectivity index (χ1n) is 10.4. The maximum atomic E-state index is 12.3. The molecule has 4 heteroatoms. The Kier molecular flexibility index (Phi) is 6.71. The van der Waals surface area contributed by atoms with Crippen LogP contribution in [-0.2, 0) is 17.8 Å². The van der Waals surface area contributed by atoms with Gasteiger partial charge in [-0.15, -0.1) is 0 Å². The second-order valence-electron chi connectivity index (χ2n) is 8.34. The number of hydrogen-bond acceptors (Lipinski definition) is 3. The van der Waals surface area contributed by atoms with E-state index in [-0.39, 0.29) is 0 Å². The Balaban J connectivity index is 1.60. The summed E-state index contributed by atoms with van der Waals surface area (Å²) in [5.41, 5.74) is 8.67. The van der Waals surface area contributed by atoms with Gasteiger partial charge in [-0.1, -0.05) is 37.6 Å². The van der Waals surface area contributed by atoms with Crippen molar-refractivity contribution >= 4 is 5.91 Å². The van der Waals surface area contributed by atoms with E-state index in [0.29, 0.717) is 17.9 Å². The maximum absolute atomic E-state index is 12.3. The fourth-order valence-electron chi connectivity index (χ4n) is 4.67. The van der Waals surface area contributed by atoms with Gasteiger partial charge in [0.2, 0.25) is 5.91 Å². The molecule has 2 fully saturated rings. The molecule has 1 spiro atoms. The Labute approximate surface area is 158 Å². The van der Waals surface area contributed by atoms with Gasteiger partial charge in [0.25, 0.3) is 0 Å². The van der Waals surface area contributed by atoms with Crippen LogP contribution in [0.2, 0.25) is 0 Å². The van der Waals surface area contributed by atoms with Crippen LogP contribution in [0, 0.1) is 5.41 Å². The largest absolute Gasteiger partial charge is 0.342 e. The molecule has 1 amide bonds. The molecule has 0 aromatic heterocycles. The molecule has 0 aliphatic carbocycles. The van der Waals surface area contributed by atoms with Gasteiger partial charge in [-0.05, 0) is 56.3 Å². The van der Waals surface area contributed by atoms with E-state index in [9.17, 15) is 4.79 Å². The van der Waals surface area contributed by atoms with E-state index in [0.717, 1.165) is 58.3 Å². The third kappa shape index (κ3) is 4.86. The van der Waals surface area contributed by atoms with Crippen molar-refractivity contribution in [2.45, 2.75) is 58.4 Å². The van der Waals surface area contributed by atoms with Crippen molar-refractivity contribution in [3.63, 3.8) is 0 Å². The molecule has 144 valence electrons. The molecular weight excluding hydrogens is 322 g/mol. The Morgan fingerprint density at radius 3 is 2.62 bits per heavy atom. The summed E-state index contributed by atoms with van der Waals surface area (Å²) < 4.78 is 0. The van der Waals surface area contributed by atoms with E-state index in [4.69, 9.17) is 5.73 Å². The van der Waals surface area contributed by atoms with Crippen LogP contribution in [-0.4, -0.2) is 48.4 Å². The molecule has 1 atom stereocenters. The van der Waals surface area contributed by atoms with E-state index in [1.165, 1.54) is 30.5 Å². The average Bonchev–Trinajstić information content (AvgIpc) is 2.65. The first-order valence-corrected chi connectivity index (χ1v) is 10.4. The van der Waals surface area contributed by atoms with E-state index >= 15 is 0 Å². The Hall–Kier alpha value is -1.39. The molecule has 2 aliphatic heterocycles. The average molecular weight is 358 g/mol. The number of benzene rings is 1. The van der Waals surface area contributed by atoms with Gasteiger partial charge in [0, 0.05) is 38.0 Å². The highest BCUT2D eigenvalue weighted by atomic mass is 16.2. The molecule has 0 radical (unpaired) electrons. The lowest BCUT2D eigenvalue weighted by atomic mass is 9.73. The summed E-state index contributed by atoms with van der Waals surface area (Å²) in [5.74, 6) is 0.372. The van der Waals surface area contributed by atoms with Crippen molar-refractivity contribution in [3.8, 4) is 0 Å². The number of nitrogens with two attached hydrogens (primary N) is 1. The van der Waals surface area contributed by atoms with Gasteiger partial charge in [0.05, 0.1) is 0 Å². The molecule has 2 saturated heterocycles. The van der Waals surface area contributed by atoms with Crippen molar-refractivity contribution in [1.29, 1.82) is 0 Å². The minimum absolute atomic E-state index is 0.319. The molecule has 1 aromatic carbocycles. The Bertz CT molecular complexity index is 586. The fraction of sp³-hybridized carbons (Fsp3) is 0.682. The summed E-state index contributed by atoms with van der Waals surface area (Å²) in [6.07, 6.45) is 7.57. The molecule has 26 heavy (non-hydrogen) atoms. The molecule has 0 saturated carbocycles. The van der Waals surface area contributed by atoms with Crippen molar-refractivity contribution in [1.82, 2.24) is 9.80 Å². The fourth-order valence-corrected chi connectivity index (χ4v) is 4.67. The van der Waals surface area contributed by atoms with Crippen LogP contribution in [0.1, 0.15) is 56.6 Å². The minimum atomic E-state index is 0.319. The zero-order valence-corrected chi connectivity index (χ0v) is 16.4. The maximum Gasteiger partial charge on any atom is 0.222 e. The third-order valence-electron chi connectivity index (χ3n) is 6.13. The predicted molar refractivity (Wildman–Crippen MR) is 107 cm³/mol.